The molecule has 1 aliphatic rings. The van der Waals surface area contributed by atoms with Gasteiger partial charge in [-0.15, -0.1) is 0 Å². The number of rotatable bonds is 7. The predicted octanol–water partition coefficient (Wildman–Crippen LogP) is -1.70. The Kier molecular flexibility index (Phi) is 6.80. The van der Waals surface area contributed by atoms with E-state index in [1.54, 1.807) is 6.92 Å². The van der Waals surface area contributed by atoms with Crippen molar-refractivity contribution in [3.8, 4) is 0 Å². The van der Waals surface area contributed by atoms with E-state index in [9.17, 15) is 20.1 Å². The van der Waals surface area contributed by atoms with Crippen LogP contribution in [0.15, 0.2) is 0 Å². The van der Waals surface area contributed by atoms with Gasteiger partial charge in [-0.3, -0.25) is 4.79 Å². The molecule has 118 valence electrons. The maximum Gasteiger partial charge on any atom is 0.303 e. The van der Waals surface area contributed by atoms with Gasteiger partial charge in [-0.25, -0.2) is 0 Å². The molecular formula is C12H22O8. The van der Waals surface area contributed by atoms with Gasteiger partial charge in [-0.05, 0) is 12.3 Å². The Morgan fingerprint density at radius 1 is 1.25 bits per heavy atom. The maximum absolute atomic E-state index is 10.4. The molecular weight excluding hydrogens is 272 g/mol. The first-order chi connectivity index (χ1) is 9.36. The Balaban J connectivity index is 2.43. The van der Waals surface area contributed by atoms with Crippen LogP contribution in [0.2, 0.25) is 0 Å². The summed E-state index contributed by atoms with van der Waals surface area (Å²) >= 11 is 0. The van der Waals surface area contributed by atoms with Crippen molar-refractivity contribution in [2.45, 2.75) is 50.5 Å². The van der Waals surface area contributed by atoms with Gasteiger partial charge in [0.25, 0.3) is 0 Å². The van der Waals surface area contributed by atoms with Crippen LogP contribution in [0.4, 0.5) is 0 Å². The highest BCUT2D eigenvalue weighted by Gasteiger charge is 2.44. The summed E-state index contributed by atoms with van der Waals surface area (Å²) in [5.74, 6) is -0.969. The maximum atomic E-state index is 10.4. The smallest absolute Gasteiger partial charge is 0.303 e. The van der Waals surface area contributed by atoms with Crippen LogP contribution in [0.3, 0.4) is 0 Å². The van der Waals surface area contributed by atoms with E-state index in [2.05, 4.69) is 0 Å². The van der Waals surface area contributed by atoms with Crippen molar-refractivity contribution in [3.05, 3.63) is 0 Å². The zero-order valence-electron chi connectivity index (χ0n) is 11.3. The molecule has 8 heteroatoms. The van der Waals surface area contributed by atoms with Crippen molar-refractivity contribution in [2.75, 3.05) is 13.2 Å². The Bertz CT molecular complexity index is 308. The molecule has 1 heterocycles. The number of carboxylic acid groups (broad SMARTS) is 1. The molecule has 1 aliphatic heterocycles. The van der Waals surface area contributed by atoms with Crippen molar-refractivity contribution >= 4 is 5.97 Å². The molecule has 8 nitrogen and oxygen atoms in total. The van der Waals surface area contributed by atoms with Gasteiger partial charge in [0.1, 0.15) is 24.4 Å². The zero-order valence-corrected chi connectivity index (χ0v) is 11.3. The molecule has 0 aromatic heterocycles. The second kappa shape index (κ2) is 7.87. The van der Waals surface area contributed by atoms with E-state index in [1.165, 1.54) is 0 Å². The van der Waals surface area contributed by atoms with Crippen LogP contribution in [0.1, 0.15) is 19.8 Å². The summed E-state index contributed by atoms with van der Waals surface area (Å²) in [5, 5.41) is 46.4. The van der Waals surface area contributed by atoms with Crippen LogP contribution in [0.25, 0.3) is 0 Å². The molecule has 20 heavy (non-hydrogen) atoms. The molecule has 1 rings (SSSR count). The Labute approximate surface area is 116 Å². The first-order valence-corrected chi connectivity index (χ1v) is 6.50. The number of hydrogen-bond acceptors (Lipinski definition) is 7. The molecule has 0 spiro atoms. The number of carboxylic acids is 1. The molecule has 0 aromatic rings. The fourth-order valence-electron chi connectivity index (χ4n) is 1.92. The number of carbonyl (C=O) groups is 1. The van der Waals surface area contributed by atoms with E-state index in [0.29, 0.717) is 6.42 Å². The molecule has 0 aliphatic carbocycles. The standard InChI is InChI=1S/C12H22O8/c1-6(2-3-8(14)15)5-19-12-11(18)10(17)9(16)7(4-13)20-12/h6-7,9-13,16-18H,2-5H2,1H3,(H,14,15)/t6-,7-,9-,10+,11-,12-/m1/s1. The topological polar surface area (TPSA) is 137 Å². The van der Waals surface area contributed by atoms with E-state index in [1.807, 2.05) is 0 Å². The summed E-state index contributed by atoms with van der Waals surface area (Å²) in [7, 11) is 0. The van der Waals surface area contributed by atoms with Gasteiger partial charge in [-0.2, -0.15) is 0 Å². The Hall–Kier alpha value is -0.770. The SMILES string of the molecule is C[C@H](CCC(=O)O)CO[C@@H]1O[C@H](CO)[C@@H](O)[C@H](O)[C@H]1O. The monoisotopic (exact) mass is 294 g/mol. The van der Waals surface area contributed by atoms with Crippen LogP contribution < -0.4 is 0 Å². The van der Waals surface area contributed by atoms with Crippen LogP contribution >= 0.6 is 0 Å². The van der Waals surface area contributed by atoms with Crippen LogP contribution in [-0.4, -0.2) is 75.4 Å². The van der Waals surface area contributed by atoms with E-state index >= 15 is 0 Å². The summed E-state index contributed by atoms with van der Waals surface area (Å²) < 4.78 is 10.5. The van der Waals surface area contributed by atoms with E-state index in [4.69, 9.17) is 19.7 Å². The normalized spacial score (nSPS) is 35.8. The minimum absolute atomic E-state index is 0.0131. The lowest BCUT2D eigenvalue weighted by molar-refractivity contribution is -0.303. The van der Waals surface area contributed by atoms with Crippen molar-refractivity contribution in [1.29, 1.82) is 0 Å². The third-order valence-corrected chi connectivity index (χ3v) is 3.24. The number of aliphatic carboxylic acids is 1. The largest absolute Gasteiger partial charge is 0.481 e. The summed E-state index contributed by atoms with van der Waals surface area (Å²) in [6, 6.07) is 0. The summed E-state index contributed by atoms with van der Waals surface area (Å²) in [6.07, 6.45) is -6.07. The fraction of sp³-hybridized carbons (Fsp3) is 0.917. The minimum atomic E-state index is -1.47. The summed E-state index contributed by atoms with van der Waals surface area (Å²) in [4.78, 5) is 10.4. The molecule has 1 saturated heterocycles. The van der Waals surface area contributed by atoms with Crippen molar-refractivity contribution < 1.29 is 39.8 Å². The quantitative estimate of drug-likeness (QED) is 0.375. The lowest BCUT2D eigenvalue weighted by Crippen LogP contribution is -2.59. The number of aliphatic hydroxyl groups is 4. The lowest BCUT2D eigenvalue weighted by atomic mass is 9.99. The Morgan fingerprint density at radius 2 is 1.90 bits per heavy atom. The molecule has 0 radical (unpaired) electrons. The number of ether oxygens (including phenoxy) is 2. The average molecular weight is 294 g/mol. The molecule has 0 amide bonds. The number of hydrogen-bond donors (Lipinski definition) is 5. The van der Waals surface area contributed by atoms with E-state index in [-0.39, 0.29) is 18.9 Å². The van der Waals surface area contributed by atoms with E-state index in [0.717, 1.165) is 0 Å². The highest BCUT2D eigenvalue weighted by molar-refractivity contribution is 5.66. The second-order valence-electron chi connectivity index (χ2n) is 5.07. The lowest BCUT2D eigenvalue weighted by Gasteiger charge is -2.39. The van der Waals surface area contributed by atoms with Crippen LogP contribution in [-0.2, 0) is 14.3 Å². The van der Waals surface area contributed by atoms with Gasteiger partial charge < -0.3 is 35.0 Å². The molecule has 0 aromatic carbocycles. The third kappa shape index (κ3) is 4.65. The molecule has 1 fully saturated rings. The fourth-order valence-corrected chi connectivity index (χ4v) is 1.92. The Morgan fingerprint density at radius 3 is 2.45 bits per heavy atom. The third-order valence-electron chi connectivity index (χ3n) is 3.24. The molecule has 6 atom stereocenters. The first-order valence-electron chi connectivity index (χ1n) is 6.50. The number of aliphatic hydroxyl groups excluding tert-OH is 4. The van der Waals surface area contributed by atoms with Crippen molar-refractivity contribution in [2.24, 2.45) is 5.92 Å². The summed E-state index contributed by atoms with van der Waals surface area (Å²) in [6.45, 7) is 1.41. The van der Waals surface area contributed by atoms with Gasteiger partial charge in [-0.1, -0.05) is 6.92 Å². The van der Waals surface area contributed by atoms with Gasteiger partial charge in [0.2, 0.25) is 0 Å². The second-order valence-corrected chi connectivity index (χ2v) is 5.07. The van der Waals surface area contributed by atoms with Gasteiger partial charge in [0.05, 0.1) is 13.2 Å². The van der Waals surface area contributed by atoms with Gasteiger partial charge >= 0.3 is 5.97 Å². The zero-order chi connectivity index (χ0) is 15.3. The highest BCUT2D eigenvalue weighted by atomic mass is 16.7. The summed E-state index contributed by atoms with van der Waals surface area (Å²) in [5.41, 5.74) is 0. The van der Waals surface area contributed by atoms with Crippen molar-refractivity contribution in [3.63, 3.8) is 0 Å². The predicted molar refractivity (Wildman–Crippen MR) is 65.8 cm³/mol. The van der Waals surface area contributed by atoms with E-state index < -0.39 is 43.3 Å². The molecule has 0 bridgehead atoms. The van der Waals surface area contributed by atoms with Crippen LogP contribution in [0.5, 0.6) is 0 Å². The molecule has 5 N–H and O–H groups in total. The average Bonchev–Trinajstić information content (AvgIpc) is 2.42. The minimum Gasteiger partial charge on any atom is -0.481 e. The van der Waals surface area contributed by atoms with Crippen LogP contribution in [0, 0.1) is 5.92 Å². The molecule has 0 unspecified atom stereocenters. The van der Waals surface area contributed by atoms with Crippen molar-refractivity contribution in [1.82, 2.24) is 0 Å². The molecule has 0 saturated carbocycles. The first kappa shape index (κ1) is 17.3. The van der Waals surface area contributed by atoms with Gasteiger partial charge in [0, 0.05) is 6.42 Å². The highest BCUT2D eigenvalue weighted by Crippen LogP contribution is 2.22. The van der Waals surface area contributed by atoms with Gasteiger partial charge in [0.15, 0.2) is 6.29 Å².